The largest absolute Gasteiger partial charge is 0.478 e. The maximum atomic E-state index is 13.2. The second-order valence-corrected chi connectivity index (χ2v) is 12.9. The quantitative estimate of drug-likeness (QED) is 0.0469. The van der Waals surface area contributed by atoms with Crippen molar-refractivity contribution in [3.8, 4) is 11.1 Å². The fourth-order valence-electron chi connectivity index (χ4n) is 4.70. The van der Waals surface area contributed by atoms with Crippen LogP contribution < -0.4 is 21.5 Å². The van der Waals surface area contributed by atoms with Crippen LogP contribution in [0.5, 0.6) is 0 Å². The number of oxime groups is 1. The maximum absolute atomic E-state index is 13.2. The van der Waals surface area contributed by atoms with Crippen molar-refractivity contribution in [2.45, 2.75) is 57.3 Å². The molecule has 1 aliphatic rings. The van der Waals surface area contributed by atoms with Crippen molar-refractivity contribution in [2.75, 3.05) is 12.3 Å². The first kappa shape index (κ1) is 34.4. The summed E-state index contributed by atoms with van der Waals surface area (Å²) in [7, 11) is -3.05. The minimum atomic E-state index is -5.00. The van der Waals surface area contributed by atoms with E-state index in [2.05, 4.69) is 24.4 Å². The number of amides is 2. The van der Waals surface area contributed by atoms with Crippen LogP contribution in [0.3, 0.4) is 0 Å². The number of nitrogens with zero attached hydrogens (tertiary/aromatic N) is 5. The normalized spacial score (nSPS) is 17.0. The molecule has 0 spiro atoms. The lowest BCUT2D eigenvalue weighted by Crippen LogP contribution is -2.76. The predicted molar refractivity (Wildman–Crippen MR) is 164 cm³/mol. The number of hydrogen-bond donors (Lipinski definition) is 5. The van der Waals surface area contributed by atoms with Crippen LogP contribution in [-0.4, -0.2) is 80.5 Å². The van der Waals surface area contributed by atoms with Crippen LogP contribution in [-0.2, 0) is 53.9 Å². The van der Waals surface area contributed by atoms with Gasteiger partial charge in [0.25, 0.3) is 11.8 Å². The molecular weight excluding hydrogens is 644 g/mol. The molecular formula is C27H35N8O9S2+. The van der Waals surface area contributed by atoms with Gasteiger partial charge in [-0.25, -0.2) is 9.78 Å². The summed E-state index contributed by atoms with van der Waals surface area (Å²) in [6, 6.07) is 6.35. The molecule has 19 heteroatoms. The van der Waals surface area contributed by atoms with E-state index in [1.54, 1.807) is 0 Å². The molecule has 3 aromatic rings. The van der Waals surface area contributed by atoms with Crippen LogP contribution in [0.15, 0.2) is 47.2 Å². The van der Waals surface area contributed by atoms with E-state index < -0.39 is 51.6 Å². The molecule has 46 heavy (non-hydrogen) atoms. The van der Waals surface area contributed by atoms with Gasteiger partial charge in [-0.1, -0.05) is 29.4 Å². The summed E-state index contributed by atoms with van der Waals surface area (Å²) in [5.41, 5.74) is 12.3. The van der Waals surface area contributed by atoms with Gasteiger partial charge < -0.3 is 26.7 Å². The van der Waals surface area contributed by atoms with Gasteiger partial charge in [-0.05, 0) is 44.4 Å². The number of carbonyl (C=O) groups is 3. The molecule has 2 aromatic heterocycles. The molecule has 1 saturated heterocycles. The third-order valence-corrected chi connectivity index (χ3v) is 8.25. The molecule has 1 aromatic carbocycles. The molecule has 17 nitrogen and oxygen atoms in total. The van der Waals surface area contributed by atoms with Gasteiger partial charge in [0.05, 0.1) is 23.8 Å². The SMILES string of the molecule is C[n+]1cc(-c2ccc(CCC(ON=C(C(=O)NC3C(=O)N(OS(=O)(=O)O)C3(C)C)c3csc(N)n3)C(=O)O)cc2)cn1CCCN. The summed E-state index contributed by atoms with van der Waals surface area (Å²) in [4.78, 5) is 47.1. The first-order valence-corrected chi connectivity index (χ1v) is 16.2. The molecule has 4 rings (SSSR count). The van der Waals surface area contributed by atoms with E-state index in [0.29, 0.717) is 18.0 Å². The number of nitrogens with one attached hydrogen (secondary N) is 1. The highest BCUT2D eigenvalue weighted by molar-refractivity contribution is 7.80. The lowest BCUT2D eigenvalue weighted by molar-refractivity contribution is -0.753. The Balaban J connectivity index is 1.44. The summed E-state index contributed by atoms with van der Waals surface area (Å²) in [5, 5.41) is 17.9. The van der Waals surface area contributed by atoms with E-state index in [1.165, 1.54) is 19.2 Å². The van der Waals surface area contributed by atoms with Crippen molar-refractivity contribution in [3.63, 3.8) is 0 Å². The van der Waals surface area contributed by atoms with Crippen molar-refractivity contribution < 1.29 is 46.3 Å². The number of hydrogen-bond acceptors (Lipinski definition) is 12. The van der Waals surface area contributed by atoms with Gasteiger partial charge in [0.15, 0.2) is 17.9 Å². The zero-order valence-corrected chi connectivity index (χ0v) is 26.8. The number of β-lactam (4-membered cyclic amide) rings is 1. The van der Waals surface area contributed by atoms with Gasteiger partial charge in [-0.2, -0.15) is 18.2 Å². The van der Waals surface area contributed by atoms with Gasteiger partial charge in [0.2, 0.25) is 12.3 Å². The van der Waals surface area contributed by atoms with E-state index in [4.69, 9.17) is 20.9 Å². The summed E-state index contributed by atoms with van der Waals surface area (Å²) >= 11 is 0.985. The van der Waals surface area contributed by atoms with E-state index in [0.717, 1.165) is 41.0 Å². The van der Waals surface area contributed by atoms with E-state index in [1.807, 2.05) is 48.4 Å². The number of nitrogens with two attached hydrogens (primary N) is 2. The van der Waals surface area contributed by atoms with Gasteiger partial charge >= 0.3 is 16.4 Å². The number of nitrogen functional groups attached to an aromatic ring is 1. The number of aryl methyl sites for hydroxylation is 3. The van der Waals surface area contributed by atoms with Crippen molar-refractivity contribution in [1.29, 1.82) is 0 Å². The van der Waals surface area contributed by atoms with Gasteiger partial charge in [0.1, 0.15) is 11.7 Å². The first-order chi connectivity index (χ1) is 21.6. The summed E-state index contributed by atoms with van der Waals surface area (Å²) in [5.74, 6) is -3.27. The molecule has 0 aliphatic carbocycles. The number of carbonyl (C=O) groups excluding carboxylic acids is 2. The number of anilines is 1. The molecule has 2 atom stereocenters. The molecule has 0 bridgehead atoms. The fraction of sp³-hybridized carbons (Fsp3) is 0.407. The Kier molecular flexibility index (Phi) is 10.4. The molecule has 0 saturated carbocycles. The molecule has 7 N–H and O–H groups in total. The Morgan fingerprint density at radius 1 is 1.26 bits per heavy atom. The van der Waals surface area contributed by atoms with Crippen LogP contribution in [0.2, 0.25) is 0 Å². The number of aromatic nitrogens is 3. The molecule has 1 aliphatic heterocycles. The van der Waals surface area contributed by atoms with Gasteiger partial charge in [-0.15, -0.1) is 20.3 Å². The molecule has 248 valence electrons. The van der Waals surface area contributed by atoms with Crippen molar-refractivity contribution >= 4 is 50.4 Å². The molecule has 1 fully saturated rings. The van der Waals surface area contributed by atoms with Crippen LogP contribution in [0, 0.1) is 0 Å². The number of carboxylic acids is 1. The zero-order valence-electron chi connectivity index (χ0n) is 25.2. The lowest BCUT2D eigenvalue weighted by Gasteiger charge is -2.50. The average Bonchev–Trinajstić information content (AvgIpc) is 3.59. The molecule has 2 unspecified atom stereocenters. The minimum Gasteiger partial charge on any atom is -0.478 e. The number of rotatable bonds is 15. The van der Waals surface area contributed by atoms with Gasteiger partial charge in [0, 0.05) is 11.8 Å². The van der Waals surface area contributed by atoms with Crippen LogP contribution in [0.1, 0.15) is 37.9 Å². The number of thiazole rings is 1. The topological polar surface area (TPSA) is 246 Å². The Morgan fingerprint density at radius 2 is 1.96 bits per heavy atom. The second-order valence-electron chi connectivity index (χ2n) is 11.0. The summed E-state index contributed by atoms with van der Waals surface area (Å²) in [6.45, 7) is 4.15. The first-order valence-electron chi connectivity index (χ1n) is 14.0. The van der Waals surface area contributed by atoms with Crippen LogP contribution in [0.25, 0.3) is 11.1 Å². The number of carboxylic acid groups (broad SMARTS) is 1. The Hall–Kier alpha value is -4.43. The molecule has 3 heterocycles. The van der Waals surface area contributed by atoms with Crippen molar-refractivity contribution in [3.05, 3.63) is 53.3 Å². The highest BCUT2D eigenvalue weighted by Crippen LogP contribution is 2.33. The highest BCUT2D eigenvalue weighted by Gasteiger charge is 2.58. The Bertz CT molecular complexity index is 1740. The van der Waals surface area contributed by atoms with Gasteiger partial charge in [-0.3, -0.25) is 14.1 Å². The third-order valence-electron chi connectivity index (χ3n) is 7.24. The average molecular weight is 680 g/mol. The Labute approximate surface area is 268 Å². The van der Waals surface area contributed by atoms with Crippen LogP contribution >= 0.6 is 11.3 Å². The number of hydroxylamine groups is 2. The van der Waals surface area contributed by atoms with E-state index >= 15 is 0 Å². The zero-order chi connectivity index (χ0) is 33.8. The standard InChI is InChI=1S/C27H34N8O9S2/c1-27(2)22(24(37)35(27)44-46(40,41)42)31-23(36)21(19-15-45-26(29)30-19)32-43-20(25(38)39)10-7-16-5-8-17(9-6-16)18-13-33(3)34(14-18)12-4-11-28/h5-6,8-9,13-15,20,22H,4,7,10-12,28H2,1-3H3,(H4-,29,30,31,36,38,39,40,41,42)/p+1. The highest BCUT2D eigenvalue weighted by atomic mass is 32.3. The summed E-state index contributed by atoms with van der Waals surface area (Å²) in [6.07, 6.45) is 3.77. The summed E-state index contributed by atoms with van der Waals surface area (Å²) < 4.78 is 39.5. The lowest BCUT2D eigenvalue weighted by atomic mass is 9.84. The third kappa shape index (κ3) is 8.04. The minimum absolute atomic E-state index is 0.00673. The Morgan fingerprint density at radius 3 is 2.52 bits per heavy atom. The second kappa shape index (κ2) is 13.9. The maximum Gasteiger partial charge on any atom is 0.418 e. The molecule has 0 radical (unpaired) electrons. The van der Waals surface area contributed by atoms with Crippen molar-refractivity contribution in [1.82, 2.24) is 20.0 Å². The monoisotopic (exact) mass is 679 g/mol. The number of aliphatic carboxylic acids is 1. The smallest absolute Gasteiger partial charge is 0.418 e. The van der Waals surface area contributed by atoms with E-state index in [9.17, 15) is 27.9 Å². The fourth-order valence-corrected chi connectivity index (χ4v) is 5.71. The van der Waals surface area contributed by atoms with Crippen LogP contribution in [0.4, 0.5) is 5.13 Å². The number of benzene rings is 1. The predicted octanol–water partition coefficient (Wildman–Crippen LogP) is 0.0138. The van der Waals surface area contributed by atoms with Crippen molar-refractivity contribution in [2.24, 2.45) is 17.9 Å². The van der Waals surface area contributed by atoms with E-state index in [-0.39, 0.29) is 17.2 Å². The molecule has 2 amide bonds.